The zero-order valence-electron chi connectivity index (χ0n) is 17.9. The molecule has 2 N–H and O–H groups in total. The lowest BCUT2D eigenvalue weighted by Crippen LogP contribution is -2.31. The SMILES string of the molecule is O=C(Nc1ccc(Cl)cc1C(O)c1ccccc1)c1cc([N+](=O)[O-])ccc1N1CCCCC1. The Hall–Kier alpha value is -3.42. The predicted octanol–water partition coefficient (Wildman–Crippen LogP) is 5.57. The van der Waals surface area contributed by atoms with Crippen LogP contribution in [0.5, 0.6) is 0 Å². The lowest BCUT2D eigenvalue weighted by molar-refractivity contribution is -0.384. The number of non-ortho nitro benzene ring substituents is 1. The minimum absolute atomic E-state index is 0.151. The molecule has 0 aromatic heterocycles. The van der Waals surface area contributed by atoms with Gasteiger partial charge in [0.15, 0.2) is 0 Å². The number of amides is 1. The fraction of sp³-hybridized carbons (Fsp3) is 0.240. The summed E-state index contributed by atoms with van der Waals surface area (Å²) in [6, 6.07) is 18.3. The number of halogens is 1. The molecule has 1 fully saturated rings. The van der Waals surface area contributed by atoms with Gasteiger partial charge in [-0.1, -0.05) is 41.9 Å². The molecule has 8 heteroatoms. The summed E-state index contributed by atoms with van der Waals surface area (Å²) in [5, 5.41) is 25.6. The van der Waals surface area contributed by atoms with Crippen LogP contribution in [0.2, 0.25) is 5.02 Å². The molecule has 3 aromatic rings. The fourth-order valence-corrected chi connectivity index (χ4v) is 4.29. The van der Waals surface area contributed by atoms with Crippen molar-refractivity contribution in [3.05, 3.63) is 98.6 Å². The van der Waals surface area contributed by atoms with Crippen molar-refractivity contribution >= 4 is 34.6 Å². The van der Waals surface area contributed by atoms with Gasteiger partial charge >= 0.3 is 0 Å². The number of nitrogens with one attached hydrogen (secondary N) is 1. The molecule has 1 aliphatic rings. The first-order valence-corrected chi connectivity index (χ1v) is 11.2. The number of aliphatic hydroxyl groups is 1. The number of anilines is 2. The van der Waals surface area contributed by atoms with Gasteiger partial charge in [0.2, 0.25) is 0 Å². The van der Waals surface area contributed by atoms with Crippen molar-refractivity contribution in [3.63, 3.8) is 0 Å². The monoisotopic (exact) mass is 465 g/mol. The molecule has 1 heterocycles. The highest BCUT2D eigenvalue weighted by Gasteiger charge is 2.24. The van der Waals surface area contributed by atoms with Crippen LogP contribution in [0.4, 0.5) is 17.1 Å². The lowest BCUT2D eigenvalue weighted by atomic mass is 9.99. The standard InChI is InChI=1S/C25H24ClN3O4/c26-18-9-11-22(20(15-18)24(30)17-7-3-1-4-8-17)27-25(31)21-16-19(29(32)33)10-12-23(21)28-13-5-2-6-14-28/h1,3-4,7-12,15-16,24,30H,2,5-6,13-14H2,(H,27,31). The van der Waals surface area contributed by atoms with Crippen LogP contribution in [0.1, 0.15) is 46.9 Å². The third-order valence-electron chi connectivity index (χ3n) is 5.80. The van der Waals surface area contributed by atoms with Crippen LogP contribution in [-0.2, 0) is 0 Å². The van der Waals surface area contributed by atoms with E-state index in [0.717, 1.165) is 32.4 Å². The van der Waals surface area contributed by atoms with Crippen molar-refractivity contribution < 1.29 is 14.8 Å². The molecule has 33 heavy (non-hydrogen) atoms. The van der Waals surface area contributed by atoms with Crippen molar-refractivity contribution in [2.75, 3.05) is 23.3 Å². The van der Waals surface area contributed by atoms with Crippen LogP contribution in [0, 0.1) is 10.1 Å². The van der Waals surface area contributed by atoms with E-state index < -0.39 is 16.9 Å². The second-order valence-corrected chi connectivity index (χ2v) is 8.44. The number of piperidine rings is 1. The molecule has 0 radical (unpaired) electrons. The van der Waals surface area contributed by atoms with E-state index in [0.29, 0.717) is 27.5 Å². The molecule has 170 valence electrons. The van der Waals surface area contributed by atoms with Crippen molar-refractivity contribution in [1.29, 1.82) is 0 Å². The van der Waals surface area contributed by atoms with Gasteiger partial charge in [-0.2, -0.15) is 0 Å². The van der Waals surface area contributed by atoms with E-state index in [-0.39, 0.29) is 11.3 Å². The average molecular weight is 466 g/mol. The van der Waals surface area contributed by atoms with Gasteiger partial charge in [-0.3, -0.25) is 14.9 Å². The number of carbonyl (C=O) groups excluding carboxylic acids is 1. The normalized spacial score (nSPS) is 14.5. The zero-order valence-corrected chi connectivity index (χ0v) is 18.7. The maximum atomic E-state index is 13.4. The molecule has 1 amide bonds. The van der Waals surface area contributed by atoms with Crippen molar-refractivity contribution in [2.45, 2.75) is 25.4 Å². The number of rotatable bonds is 6. The molecule has 0 saturated carbocycles. The second kappa shape index (κ2) is 10.0. The van der Waals surface area contributed by atoms with E-state index in [1.165, 1.54) is 12.1 Å². The van der Waals surface area contributed by atoms with E-state index >= 15 is 0 Å². The Kier molecular flexibility index (Phi) is 6.91. The first-order valence-electron chi connectivity index (χ1n) is 10.8. The molecule has 0 spiro atoms. The number of nitrogens with zero attached hydrogens (tertiary/aromatic N) is 2. The first kappa shape index (κ1) is 22.8. The number of carbonyl (C=O) groups is 1. The van der Waals surface area contributed by atoms with Crippen LogP contribution < -0.4 is 10.2 Å². The van der Waals surface area contributed by atoms with Crippen LogP contribution in [-0.4, -0.2) is 29.0 Å². The average Bonchev–Trinajstić information content (AvgIpc) is 2.85. The second-order valence-electron chi connectivity index (χ2n) is 8.01. The molecule has 1 saturated heterocycles. The lowest BCUT2D eigenvalue weighted by Gasteiger charge is -2.30. The quantitative estimate of drug-likeness (QED) is 0.366. The molecule has 3 aromatic carbocycles. The number of benzene rings is 3. The topological polar surface area (TPSA) is 95.7 Å². The third kappa shape index (κ3) is 5.16. The first-order chi connectivity index (χ1) is 15.9. The number of nitro benzene ring substituents is 1. The summed E-state index contributed by atoms with van der Waals surface area (Å²) < 4.78 is 0. The Balaban J connectivity index is 1.70. The molecular weight excluding hydrogens is 442 g/mol. The van der Waals surface area contributed by atoms with Gasteiger partial charge in [-0.05, 0) is 49.1 Å². The highest BCUT2D eigenvalue weighted by atomic mass is 35.5. The maximum absolute atomic E-state index is 13.4. The zero-order chi connectivity index (χ0) is 23.4. The Morgan fingerprint density at radius 1 is 1.03 bits per heavy atom. The third-order valence-corrected chi connectivity index (χ3v) is 6.04. The summed E-state index contributed by atoms with van der Waals surface area (Å²) >= 11 is 6.18. The van der Waals surface area contributed by atoms with Crippen molar-refractivity contribution in [1.82, 2.24) is 0 Å². The highest BCUT2D eigenvalue weighted by molar-refractivity contribution is 6.30. The minimum Gasteiger partial charge on any atom is -0.384 e. The molecule has 4 rings (SSSR count). The molecule has 1 unspecified atom stereocenters. The van der Waals surface area contributed by atoms with Crippen LogP contribution in [0.25, 0.3) is 0 Å². The minimum atomic E-state index is -1.01. The van der Waals surface area contributed by atoms with E-state index in [4.69, 9.17) is 11.6 Å². The van der Waals surface area contributed by atoms with Gasteiger partial charge in [-0.25, -0.2) is 0 Å². The highest BCUT2D eigenvalue weighted by Crippen LogP contribution is 2.33. The van der Waals surface area contributed by atoms with E-state index in [9.17, 15) is 20.0 Å². The Morgan fingerprint density at radius 2 is 1.76 bits per heavy atom. The summed E-state index contributed by atoms with van der Waals surface area (Å²) in [4.78, 5) is 26.3. The maximum Gasteiger partial charge on any atom is 0.270 e. The molecule has 7 nitrogen and oxygen atoms in total. The van der Waals surface area contributed by atoms with E-state index in [1.807, 2.05) is 18.2 Å². The number of nitro groups is 1. The molecular formula is C25H24ClN3O4. The van der Waals surface area contributed by atoms with E-state index in [1.54, 1.807) is 36.4 Å². The Labute approximate surface area is 196 Å². The number of hydrogen-bond donors (Lipinski definition) is 2. The molecule has 0 bridgehead atoms. The Bertz CT molecular complexity index is 1160. The summed E-state index contributed by atoms with van der Waals surface area (Å²) in [5.74, 6) is -0.483. The van der Waals surface area contributed by atoms with Gasteiger partial charge in [0.25, 0.3) is 11.6 Å². The van der Waals surface area contributed by atoms with E-state index in [2.05, 4.69) is 10.2 Å². The fourth-order valence-electron chi connectivity index (χ4n) is 4.11. The molecule has 0 aliphatic carbocycles. The van der Waals surface area contributed by atoms with Gasteiger partial charge in [-0.15, -0.1) is 0 Å². The van der Waals surface area contributed by atoms with Gasteiger partial charge in [0, 0.05) is 41.5 Å². The van der Waals surface area contributed by atoms with Crippen LogP contribution in [0.15, 0.2) is 66.7 Å². The summed E-state index contributed by atoms with van der Waals surface area (Å²) in [7, 11) is 0. The van der Waals surface area contributed by atoms with Crippen LogP contribution in [0.3, 0.4) is 0 Å². The molecule has 1 atom stereocenters. The molecule has 1 aliphatic heterocycles. The Morgan fingerprint density at radius 3 is 2.45 bits per heavy atom. The van der Waals surface area contributed by atoms with Gasteiger partial charge < -0.3 is 15.3 Å². The van der Waals surface area contributed by atoms with Crippen LogP contribution >= 0.6 is 11.6 Å². The largest absolute Gasteiger partial charge is 0.384 e. The summed E-state index contributed by atoms with van der Waals surface area (Å²) in [5.41, 5.74) is 2.21. The van der Waals surface area contributed by atoms with Crippen molar-refractivity contribution in [3.8, 4) is 0 Å². The number of hydrogen-bond acceptors (Lipinski definition) is 5. The predicted molar refractivity (Wildman–Crippen MR) is 129 cm³/mol. The number of aliphatic hydroxyl groups excluding tert-OH is 1. The summed E-state index contributed by atoms with van der Waals surface area (Å²) in [6.07, 6.45) is 2.12. The van der Waals surface area contributed by atoms with Crippen molar-refractivity contribution in [2.24, 2.45) is 0 Å². The van der Waals surface area contributed by atoms with Gasteiger partial charge in [0.1, 0.15) is 6.10 Å². The van der Waals surface area contributed by atoms with Gasteiger partial charge in [0.05, 0.1) is 16.2 Å². The smallest absolute Gasteiger partial charge is 0.270 e. The summed E-state index contributed by atoms with van der Waals surface area (Å²) in [6.45, 7) is 1.58.